The van der Waals surface area contributed by atoms with E-state index < -0.39 is 0 Å². The zero-order valence-electron chi connectivity index (χ0n) is 11.4. The number of nitrogens with one attached hydrogen (secondary N) is 2. The number of carbonyl (C=O) groups is 1. The van der Waals surface area contributed by atoms with Crippen molar-refractivity contribution in [3.8, 4) is 12.1 Å². The van der Waals surface area contributed by atoms with E-state index >= 15 is 0 Å². The van der Waals surface area contributed by atoms with Crippen molar-refractivity contribution in [1.29, 1.82) is 10.5 Å². The molecule has 1 amide bonds. The van der Waals surface area contributed by atoms with E-state index in [-0.39, 0.29) is 29.1 Å². The summed E-state index contributed by atoms with van der Waals surface area (Å²) < 4.78 is 0. The van der Waals surface area contributed by atoms with Gasteiger partial charge in [0.15, 0.2) is 5.03 Å². The molecule has 0 aromatic carbocycles. The second-order valence-electron chi connectivity index (χ2n) is 4.23. The van der Waals surface area contributed by atoms with Crippen molar-refractivity contribution in [3.05, 3.63) is 17.2 Å². The molecule has 0 unspecified atom stereocenters. The minimum absolute atomic E-state index is 0.107. The molecule has 0 spiro atoms. The van der Waals surface area contributed by atoms with Crippen LogP contribution in [0.4, 0.5) is 5.82 Å². The van der Waals surface area contributed by atoms with Gasteiger partial charge in [-0.3, -0.25) is 10.5 Å². The van der Waals surface area contributed by atoms with Crippen molar-refractivity contribution in [2.75, 3.05) is 11.5 Å². The highest BCUT2D eigenvalue weighted by Crippen LogP contribution is 2.20. The number of nitrogens with zero attached hydrogens (tertiary/aromatic N) is 2. The van der Waals surface area contributed by atoms with Crippen LogP contribution >= 0.6 is 11.8 Å². The summed E-state index contributed by atoms with van der Waals surface area (Å²) in [5.74, 6) is 0.266. The molecule has 6 nitrogen and oxygen atoms in total. The van der Waals surface area contributed by atoms with Crippen LogP contribution in [0.25, 0.3) is 0 Å². The highest BCUT2D eigenvalue weighted by molar-refractivity contribution is 7.99. The van der Waals surface area contributed by atoms with E-state index in [2.05, 4.69) is 10.3 Å². The number of thioether (sulfide) groups is 1. The average Bonchev–Trinajstić information content (AvgIpc) is 2.44. The molecule has 0 saturated carbocycles. The number of H-pyrrole nitrogens is 1. The van der Waals surface area contributed by atoms with Gasteiger partial charge in [-0.25, -0.2) is 4.98 Å². The second-order valence-corrected chi connectivity index (χ2v) is 5.21. The van der Waals surface area contributed by atoms with Gasteiger partial charge in [0, 0.05) is 6.04 Å². The largest absolute Gasteiger partial charge is 0.353 e. The maximum absolute atomic E-state index is 11.7. The van der Waals surface area contributed by atoms with Gasteiger partial charge in [-0.2, -0.15) is 10.5 Å². The van der Waals surface area contributed by atoms with Gasteiger partial charge in [0.1, 0.15) is 23.3 Å². The summed E-state index contributed by atoms with van der Waals surface area (Å²) in [6.07, 6.45) is 0.857. The lowest BCUT2D eigenvalue weighted by molar-refractivity contribution is -0.410. The van der Waals surface area contributed by atoms with Gasteiger partial charge in [-0.15, -0.1) is 0 Å². The van der Waals surface area contributed by atoms with E-state index in [9.17, 15) is 4.79 Å². The normalized spacial score (nSPS) is 11.2. The van der Waals surface area contributed by atoms with E-state index in [1.165, 1.54) is 17.8 Å². The standard InChI is InChI=1S/C13H15N5OS/c1-3-8(2)17-11(19)7-20-13-10(6-15)4-9(5-14)12(16)18-13/h4,8H,3,7H2,1-2H3,(H2,16,18)(H,17,19)/p+1/t8-/m0/s1. The Kier molecular flexibility index (Phi) is 5.82. The maximum Gasteiger partial charge on any atom is 0.289 e. The summed E-state index contributed by atoms with van der Waals surface area (Å²) in [5.41, 5.74) is 6.18. The Labute approximate surface area is 122 Å². The number of hydrogen-bond acceptors (Lipinski definition) is 5. The van der Waals surface area contributed by atoms with Gasteiger partial charge in [0.05, 0.1) is 5.75 Å². The number of hydrogen-bond donors (Lipinski definition) is 2. The zero-order chi connectivity index (χ0) is 15.1. The lowest BCUT2D eigenvalue weighted by Crippen LogP contribution is -2.33. The summed E-state index contributed by atoms with van der Waals surface area (Å²) >= 11 is 1.19. The maximum atomic E-state index is 11.7. The number of anilines is 1. The van der Waals surface area contributed by atoms with Crippen molar-refractivity contribution in [2.24, 2.45) is 0 Å². The highest BCUT2D eigenvalue weighted by Gasteiger charge is 2.16. The van der Waals surface area contributed by atoms with E-state index in [1.807, 2.05) is 26.0 Å². The van der Waals surface area contributed by atoms with Crippen molar-refractivity contribution in [2.45, 2.75) is 31.3 Å². The van der Waals surface area contributed by atoms with Crippen LogP contribution in [0, 0.1) is 22.7 Å². The molecule has 0 aliphatic carbocycles. The topological polar surface area (TPSA) is 117 Å². The van der Waals surface area contributed by atoms with E-state index in [4.69, 9.17) is 16.3 Å². The molecule has 1 aromatic heterocycles. The van der Waals surface area contributed by atoms with Crippen LogP contribution in [0.2, 0.25) is 0 Å². The third-order valence-electron chi connectivity index (χ3n) is 2.68. The first kappa shape index (κ1) is 15.8. The van der Waals surface area contributed by atoms with Crippen LogP contribution in [0.1, 0.15) is 31.4 Å². The first-order chi connectivity index (χ1) is 9.51. The number of rotatable bonds is 5. The number of nitriles is 2. The first-order valence-corrected chi connectivity index (χ1v) is 7.08. The molecule has 1 atom stereocenters. The molecule has 20 heavy (non-hydrogen) atoms. The minimum atomic E-state index is -0.107. The Morgan fingerprint density at radius 2 is 2.15 bits per heavy atom. The smallest absolute Gasteiger partial charge is 0.289 e. The molecule has 7 heteroatoms. The van der Waals surface area contributed by atoms with Crippen LogP contribution in [0.3, 0.4) is 0 Å². The zero-order valence-corrected chi connectivity index (χ0v) is 12.2. The molecular formula is C13H16N5OS+. The van der Waals surface area contributed by atoms with Gasteiger partial charge < -0.3 is 5.32 Å². The van der Waals surface area contributed by atoms with Crippen molar-refractivity contribution >= 4 is 23.5 Å². The van der Waals surface area contributed by atoms with E-state index in [0.717, 1.165) is 6.42 Å². The molecule has 0 radical (unpaired) electrons. The van der Waals surface area contributed by atoms with Crippen molar-refractivity contribution < 1.29 is 9.78 Å². The molecule has 0 saturated heterocycles. The third kappa shape index (κ3) is 4.15. The monoisotopic (exact) mass is 290 g/mol. The van der Waals surface area contributed by atoms with Gasteiger partial charge in [0.25, 0.3) is 5.82 Å². The fraction of sp³-hybridized carbons (Fsp3) is 0.385. The van der Waals surface area contributed by atoms with Crippen molar-refractivity contribution in [3.63, 3.8) is 0 Å². The number of aromatic nitrogens is 1. The molecule has 4 N–H and O–H groups in total. The Balaban J connectivity index is 2.79. The van der Waals surface area contributed by atoms with E-state index in [0.29, 0.717) is 10.6 Å². The Hall–Kier alpha value is -2.25. The molecule has 104 valence electrons. The molecule has 0 bridgehead atoms. The van der Waals surface area contributed by atoms with Crippen LogP contribution in [-0.2, 0) is 4.79 Å². The van der Waals surface area contributed by atoms with Crippen LogP contribution in [0.15, 0.2) is 11.1 Å². The molecule has 0 fully saturated rings. The van der Waals surface area contributed by atoms with Gasteiger partial charge in [0.2, 0.25) is 5.91 Å². The Bertz CT molecular complexity index is 588. The molecule has 1 aromatic rings. The van der Waals surface area contributed by atoms with Gasteiger partial charge in [-0.1, -0.05) is 18.7 Å². The van der Waals surface area contributed by atoms with Crippen LogP contribution < -0.4 is 16.0 Å². The molecule has 1 rings (SSSR count). The molecule has 0 aliphatic rings. The van der Waals surface area contributed by atoms with E-state index in [1.54, 1.807) is 0 Å². The summed E-state index contributed by atoms with van der Waals surface area (Å²) in [4.78, 5) is 14.5. The molecular weight excluding hydrogens is 274 g/mol. The number of aromatic amines is 1. The van der Waals surface area contributed by atoms with Crippen LogP contribution in [0.5, 0.6) is 0 Å². The predicted molar refractivity (Wildman–Crippen MR) is 75.5 cm³/mol. The number of amides is 1. The molecule has 1 heterocycles. The van der Waals surface area contributed by atoms with Crippen molar-refractivity contribution in [1.82, 2.24) is 5.32 Å². The SMILES string of the molecule is CC[C@H](C)NC(=O)CSc1[nH+]c(N)c(C#N)cc1C#N. The summed E-state index contributed by atoms with van der Waals surface area (Å²) in [6, 6.07) is 5.42. The van der Waals surface area contributed by atoms with Gasteiger partial charge in [-0.05, 0) is 19.4 Å². The number of carbonyl (C=O) groups excluding carboxylic acids is 1. The second kappa shape index (κ2) is 7.37. The summed E-state index contributed by atoms with van der Waals surface area (Å²) in [6.45, 7) is 3.91. The van der Waals surface area contributed by atoms with Gasteiger partial charge >= 0.3 is 0 Å². The molecule has 0 aliphatic heterocycles. The lowest BCUT2D eigenvalue weighted by atomic mass is 10.2. The summed E-state index contributed by atoms with van der Waals surface area (Å²) in [5, 5.41) is 21.2. The first-order valence-electron chi connectivity index (χ1n) is 6.10. The van der Waals surface area contributed by atoms with Crippen LogP contribution in [-0.4, -0.2) is 17.7 Å². The predicted octanol–water partition coefficient (Wildman–Crippen LogP) is 0.833. The fourth-order valence-electron chi connectivity index (χ4n) is 1.39. The lowest BCUT2D eigenvalue weighted by Gasteiger charge is -2.10. The Morgan fingerprint density at radius 1 is 1.50 bits per heavy atom. The number of pyridine rings is 1. The average molecular weight is 290 g/mol. The number of nitrogen functional groups attached to an aromatic ring is 1. The number of nitrogens with two attached hydrogens (primary N) is 1. The quantitative estimate of drug-likeness (QED) is 0.779. The minimum Gasteiger partial charge on any atom is -0.353 e. The fourth-order valence-corrected chi connectivity index (χ4v) is 2.19. The highest BCUT2D eigenvalue weighted by atomic mass is 32.2. The third-order valence-corrected chi connectivity index (χ3v) is 3.70. The Morgan fingerprint density at radius 3 is 2.70 bits per heavy atom. The summed E-state index contributed by atoms with van der Waals surface area (Å²) in [7, 11) is 0.